The van der Waals surface area contributed by atoms with Crippen molar-refractivity contribution >= 4 is 22.8 Å². The van der Waals surface area contributed by atoms with E-state index in [0.29, 0.717) is 36.2 Å². The van der Waals surface area contributed by atoms with Gasteiger partial charge in [-0.1, -0.05) is 36.4 Å². The minimum absolute atomic E-state index is 0.155. The quantitative estimate of drug-likeness (QED) is 0.560. The number of aromatic nitrogens is 3. The highest BCUT2D eigenvalue weighted by Crippen LogP contribution is 2.31. The molecule has 144 valence electrons. The zero-order chi connectivity index (χ0) is 19.6. The Bertz CT molecular complexity index is 1190. The lowest BCUT2D eigenvalue weighted by atomic mass is 10.1. The molecule has 2 aromatic carbocycles. The molecule has 1 amide bonds. The summed E-state index contributed by atoms with van der Waals surface area (Å²) in [4.78, 5) is 17.0. The third-order valence-corrected chi connectivity index (χ3v) is 4.75. The Balaban J connectivity index is 1.36. The number of carbonyl (C=O) groups excluding carboxylic acids is 1. The second kappa shape index (κ2) is 7.27. The van der Waals surface area contributed by atoms with Gasteiger partial charge in [-0.05, 0) is 29.3 Å². The number of nitrogens with zero attached hydrogens (tertiary/aromatic N) is 2. The molecule has 3 heterocycles. The van der Waals surface area contributed by atoms with Gasteiger partial charge in [0.05, 0.1) is 11.8 Å². The van der Waals surface area contributed by atoms with Crippen LogP contribution in [0.3, 0.4) is 0 Å². The van der Waals surface area contributed by atoms with Gasteiger partial charge in [-0.15, -0.1) is 0 Å². The summed E-state index contributed by atoms with van der Waals surface area (Å²) >= 11 is 0. The number of anilines is 1. The van der Waals surface area contributed by atoms with Crippen molar-refractivity contribution in [3.05, 3.63) is 66.4 Å². The highest BCUT2D eigenvalue weighted by Gasteiger charge is 2.15. The van der Waals surface area contributed by atoms with Crippen molar-refractivity contribution in [2.45, 2.75) is 6.42 Å². The Morgan fingerprint density at radius 3 is 2.69 bits per heavy atom. The van der Waals surface area contributed by atoms with Crippen LogP contribution in [0.2, 0.25) is 0 Å². The fraction of sp³-hybridized carbons (Fsp3) is 0.136. The van der Waals surface area contributed by atoms with Crippen LogP contribution in [0.4, 0.5) is 5.82 Å². The number of hydrogen-bond donors (Lipinski definition) is 2. The minimum atomic E-state index is -0.155. The summed E-state index contributed by atoms with van der Waals surface area (Å²) in [7, 11) is 0. The van der Waals surface area contributed by atoms with Crippen LogP contribution < -0.4 is 14.8 Å². The van der Waals surface area contributed by atoms with Crippen molar-refractivity contribution in [2.75, 3.05) is 18.5 Å². The first-order chi connectivity index (χ1) is 14.3. The van der Waals surface area contributed by atoms with Gasteiger partial charge in [0.1, 0.15) is 19.0 Å². The number of aromatic amines is 1. The van der Waals surface area contributed by atoms with Crippen molar-refractivity contribution in [2.24, 2.45) is 0 Å². The van der Waals surface area contributed by atoms with E-state index in [1.54, 1.807) is 6.20 Å². The summed E-state index contributed by atoms with van der Waals surface area (Å²) < 4.78 is 11.1. The van der Waals surface area contributed by atoms with Crippen molar-refractivity contribution in [1.82, 2.24) is 15.2 Å². The predicted molar refractivity (Wildman–Crippen MR) is 109 cm³/mol. The lowest BCUT2D eigenvalue weighted by molar-refractivity contribution is -0.115. The minimum Gasteiger partial charge on any atom is -0.486 e. The fourth-order valence-electron chi connectivity index (χ4n) is 3.35. The Morgan fingerprint density at radius 2 is 1.83 bits per heavy atom. The summed E-state index contributed by atoms with van der Waals surface area (Å²) in [6.45, 7) is 1.05. The molecule has 1 aliphatic heterocycles. The zero-order valence-electron chi connectivity index (χ0n) is 15.5. The average molecular weight is 386 g/mol. The third-order valence-electron chi connectivity index (χ3n) is 4.75. The van der Waals surface area contributed by atoms with Crippen LogP contribution in [0.5, 0.6) is 11.5 Å². The molecule has 0 radical (unpaired) electrons. The number of pyridine rings is 1. The number of carbonyl (C=O) groups is 1. The van der Waals surface area contributed by atoms with Crippen LogP contribution in [0.25, 0.3) is 22.2 Å². The first-order valence-corrected chi connectivity index (χ1v) is 9.34. The van der Waals surface area contributed by atoms with E-state index in [-0.39, 0.29) is 12.3 Å². The normalized spacial score (nSPS) is 12.7. The number of fused-ring (bicyclic) bond motifs is 2. The van der Waals surface area contributed by atoms with Crippen LogP contribution in [-0.4, -0.2) is 34.3 Å². The molecule has 0 unspecified atom stereocenters. The Labute approximate surface area is 166 Å². The molecule has 7 nitrogen and oxygen atoms in total. The van der Waals surface area contributed by atoms with Crippen LogP contribution in [0.1, 0.15) is 5.56 Å². The van der Waals surface area contributed by atoms with E-state index in [0.717, 1.165) is 22.1 Å². The zero-order valence-corrected chi connectivity index (χ0v) is 15.5. The molecule has 2 N–H and O–H groups in total. The molecule has 0 spiro atoms. The van der Waals surface area contributed by atoms with E-state index in [2.05, 4.69) is 20.5 Å². The monoisotopic (exact) mass is 386 g/mol. The van der Waals surface area contributed by atoms with E-state index in [9.17, 15) is 4.79 Å². The number of H-pyrrole nitrogens is 1. The van der Waals surface area contributed by atoms with Crippen LogP contribution in [0.15, 0.2) is 60.8 Å². The summed E-state index contributed by atoms with van der Waals surface area (Å²) in [5.74, 6) is 1.76. The van der Waals surface area contributed by atoms with Crippen LogP contribution >= 0.6 is 0 Å². The SMILES string of the molecule is O=C(Cc1ccc2c(c1)OCCO2)Nc1[nH]nc2ncc(-c3ccccc3)cc12. The second-order valence-electron chi connectivity index (χ2n) is 6.76. The summed E-state index contributed by atoms with van der Waals surface area (Å²) in [5, 5.41) is 10.7. The van der Waals surface area contributed by atoms with Gasteiger partial charge < -0.3 is 14.8 Å². The molecular formula is C22H18N4O3. The van der Waals surface area contributed by atoms with Gasteiger partial charge >= 0.3 is 0 Å². The highest BCUT2D eigenvalue weighted by atomic mass is 16.6. The molecule has 0 atom stereocenters. The van der Waals surface area contributed by atoms with Gasteiger partial charge in [0.15, 0.2) is 17.1 Å². The van der Waals surface area contributed by atoms with Gasteiger partial charge in [0.2, 0.25) is 5.91 Å². The van der Waals surface area contributed by atoms with Gasteiger partial charge in [0, 0.05) is 11.8 Å². The van der Waals surface area contributed by atoms with Gasteiger partial charge in [0.25, 0.3) is 0 Å². The van der Waals surface area contributed by atoms with E-state index in [4.69, 9.17) is 9.47 Å². The number of rotatable bonds is 4. The van der Waals surface area contributed by atoms with Crippen LogP contribution in [0, 0.1) is 0 Å². The summed E-state index contributed by atoms with van der Waals surface area (Å²) in [6.07, 6.45) is 1.99. The molecule has 29 heavy (non-hydrogen) atoms. The molecule has 0 saturated heterocycles. The molecule has 1 aliphatic rings. The lowest BCUT2D eigenvalue weighted by Gasteiger charge is -2.18. The molecule has 4 aromatic rings. The summed E-state index contributed by atoms with van der Waals surface area (Å²) in [6, 6.07) is 17.5. The van der Waals surface area contributed by atoms with E-state index >= 15 is 0 Å². The number of hydrogen-bond acceptors (Lipinski definition) is 5. The van der Waals surface area contributed by atoms with Crippen molar-refractivity contribution in [1.29, 1.82) is 0 Å². The van der Waals surface area contributed by atoms with E-state index in [1.807, 2.05) is 54.6 Å². The number of nitrogens with one attached hydrogen (secondary N) is 2. The molecule has 7 heteroatoms. The first kappa shape index (κ1) is 17.2. The highest BCUT2D eigenvalue weighted by molar-refractivity contribution is 6.00. The molecule has 0 saturated carbocycles. The first-order valence-electron chi connectivity index (χ1n) is 9.34. The molecule has 0 aliphatic carbocycles. The topological polar surface area (TPSA) is 89.1 Å². The third kappa shape index (κ3) is 3.50. The van der Waals surface area contributed by atoms with Crippen molar-refractivity contribution < 1.29 is 14.3 Å². The Kier molecular flexibility index (Phi) is 4.32. The smallest absolute Gasteiger partial charge is 0.229 e. The average Bonchev–Trinajstić information content (AvgIpc) is 3.16. The maximum Gasteiger partial charge on any atom is 0.229 e. The summed E-state index contributed by atoms with van der Waals surface area (Å²) in [5.41, 5.74) is 3.41. The predicted octanol–water partition coefficient (Wildman–Crippen LogP) is 3.58. The fourth-order valence-corrected chi connectivity index (χ4v) is 3.35. The van der Waals surface area contributed by atoms with Crippen LogP contribution in [-0.2, 0) is 11.2 Å². The van der Waals surface area contributed by atoms with Gasteiger partial charge in [-0.2, -0.15) is 5.10 Å². The molecular weight excluding hydrogens is 368 g/mol. The van der Waals surface area contributed by atoms with E-state index in [1.165, 1.54) is 0 Å². The van der Waals surface area contributed by atoms with E-state index < -0.39 is 0 Å². The molecule has 0 bridgehead atoms. The van der Waals surface area contributed by atoms with Gasteiger partial charge in [-0.3, -0.25) is 9.89 Å². The van der Waals surface area contributed by atoms with Gasteiger partial charge in [-0.25, -0.2) is 4.98 Å². The lowest BCUT2D eigenvalue weighted by Crippen LogP contribution is -2.17. The largest absolute Gasteiger partial charge is 0.486 e. The molecule has 2 aromatic heterocycles. The number of benzene rings is 2. The Hall–Kier alpha value is -3.87. The molecule has 0 fully saturated rings. The second-order valence-corrected chi connectivity index (χ2v) is 6.76. The number of amides is 1. The van der Waals surface area contributed by atoms with Crippen molar-refractivity contribution in [3.8, 4) is 22.6 Å². The standard InChI is InChI=1S/C22H18N4O3/c27-20(11-14-6-7-18-19(10-14)29-9-8-28-18)24-22-17-12-16(13-23-21(17)25-26-22)15-4-2-1-3-5-15/h1-7,10,12-13H,8-9,11H2,(H2,23,24,25,26,27). The maximum atomic E-state index is 12.6. The number of ether oxygens (including phenoxy) is 2. The Morgan fingerprint density at radius 1 is 1.00 bits per heavy atom. The maximum absolute atomic E-state index is 12.6. The van der Waals surface area contributed by atoms with Crippen molar-refractivity contribution in [3.63, 3.8) is 0 Å². The molecule has 5 rings (SSSR count).